The molecule has 0 aromatic heterocycles. The molecule has 0 bridgehead atoms. The van der Waals surface area contributed by atoms with Gasteiger partial charge in [0.2, 0.25) is 10.0 Å². The Labute approximate surface area is 201 Å². The van der Waals surface area contributed by atoms with E-state index in [1.165, 1.54) is 29.6 Å². The van der Waals surface area contributed by atoms with Gasteiger partial charge in [-0.25, -0.2) is 8.42 Å². The normalized spacial score (nSPS) is 15.4. The highest BCUT2D eigenvalue weighted by atomic mass is 32.2. The molecule has 34 heavy (non-hydrogen) atoms. The van der Waals surface area contributed by atoms with Crippen LogP contribution in [0.2, 0.25) is 0 Å². The molecule has 9 nitrogen and oxygen atoms in total. The van der Waals surface area contributed by atoms with Gasteiger partial charge in [0.1, 0.15) is 5.75 Å². The molecule has 1 N–H and O–H groups in total. The van der Waals surface area contributed by atoms with Gasteiger partial charge in [0.15, 0.2) is 11.5 Å². The topological polar surface area (TPSA) is 103 Å². The van der Waals surface area contributed by atoms with Gasteiger partial charge in [-0.3, -0.25) is 4.79 Å². The van der Waals surface area contributed by atoms with E-state index < -0.39 is 15.9 Å². The van der Waals surface area contributed by atoms with E-state index in [0.29, 0.717) is 37.9 Å². The summed E-state index contributed by atoms with van der Waals surface area (Å²) in [5.74, 6) is 1.07. The van der Waals surface area contributed by atoms with Gasteiger partial charge >= 0.3 is 0 Å². The number of sulfonamides is 1. The molecule has 1 amide bonds. The summed E-state index contributed by atoms with van der Waals surface area (Å²) in [5, 5.41) is 2.92. The van der Waals surface area contributed by atoms with Crippen LogP contribution in [-0.4, -0.2) is 65.3 Å². The number of benzene rings is 2. The number of morpholine rings is 1. The third kappa shape index (κ3) is 5.81. The largest absolute Gasteiger partial charge is 0.496 e. The molecule has 2 aromatic rings. The second-order valence-electron chi connectivity index (χ2n) is 7.65. The van der Waals surface area contributed by atoms with Gasteiger partial charge in [-0.15, -0.1) is 0 Å². The van der Waals surface area contributed by atoms with Crippen LogP contribution in [0.3, 0.4) is 0 Å². The summed E-state index contributed by atoms with van der Waals surface area (Å²) in [6, 6.07) is 9.41. The van der Waals surface area contributed by atoms with Crippen LogP contribution >= 0.6 is 0 Å². The Kier molecular flexibility index (Phi) is 8.76. The molecule has 0 saturated carbocycles. The summed E-state index contributed by atoms with van der Waals surface area (Å²) in [7, 11) is -2.32. The first-order chi connectivity index (χ1) is 16.3. The highest BCUT2D eigenvalue weighted by Crippen LogP contribution is 2.31. The number of carbonyl (C=O) groups is 1. The number of methoxy groups -OCH3 is 1. The van der Waals surface area contributed by atoms with Crippen molar-refractivity contribution in [3.8, 4) is 17.2 Å². The van der Waals surface area contributed by atoms with Gasteiger partial charge < -0.3 is 24.3 Å². The van der Waals surface area contributed by atoms with E-state index in [2.05, 4.69) is 5.32 Å². The first kappa shape index (κ1) is 25.8. The van der Waals surface area contributed by atoms with E-state index in [1.54, 1.807) is 0 Å². The molecule has 2 aromatic carbocycles. The maximum absolute atomic E-state index is 13.2. The summed E-state index contributed by atoms with van der Waals surface area (Å²) in [5.41, 5.74) is 0.955. The number of nitrogens with one attached hydrogen (secondary N) is 1. The average molecular weight is 493 g/mol. The molecule has 0 radical (unpaired) electrons. The van der Waals surface area contributed by atoms with E-state index in [-0.39, 0.29) is 35.3 Å². The molecule has 0 aliphatic carbocycles. The Balaban J connectivity index is 1.85. The maximum atomic E-state index is 13.2. The molecule has 3 rings (SSSR count). The quantitative estimate of drug-likeness (QED) is 0.544. The molecule has 1 aliphatic rings. The van der Waals surface area contributed by atoms with Crippen LogP contribution in [0.25, 0.3) is 0 Å². The minimum atomic E-state index is -3.76. The molecule has 1 unspecified atom stereocenters. The fourth-order valence-corrected chi connectivity index (χ4v) is 5.09. The molecular formula is C24H32N2O7S. The van der Waals surface area contributed by atoms with Gasteiger partial charge in [-0.2, -0.15) is 4.31 Å². The van der Waals surface area contributed by atoms with Crippen molar-refractivity contribution in [1.82, 2.24) is 9.62 Å². The monoisotopic (exact) mass is 492 g/mol. The fraction of sp³-hybridized carbons (Fsp3) is 0.458. The molecule has 1 atom stereocenters. The smallest absolute Gasteiger partial charge is 0.255 e. The van der Waals surface area contributed by atoms with Gasteiger partial charge in [0.25, 0.3) is 5.91 Å². The van der Waals surface area contributed by atoms with Crippen molar-refractivity contribution in [3.63, 3.8) is 0 Å². The van der Waals surface area contributed by atoms with Crippen LogP contribution in [0.15, 0.2) is 41.3 Å². The molecule has 10 heteroatoms. The zero-order chi connectivity index (χ0) is 24.7. The van der Waals surface area contributed by atoms with Crippen LogP contribution in [0, 0.1) is 0 Å². The Hall–Kier alpha value is -2.82. The maximum Gasteiger partial charge on any atom is 0.255 e. The van der Waals surface area contributed by atoms with E-state index in [4.69, 9.17) is 18.9 Å². The van der Waals surface area contributed by atoms with E-state index >= 15 is 0 Å². The van der Waals surface area contributed by atoms with Gasteiger partial charge in [0.05, 0.1) is 50.0 Å². The van der Waals surface area contributed by atoms with E-state index in [1.807, 2.05) is 39.0 Å². The molecule has 1 saturated heterocycles. The molecule has 1 aliphatic heterocycles. The number of hydrogen-bond donors (Lipinski definition) is 1. The fourth-order valence-electron chi connectivity index (χ4n) is 3.66. The van der Waals surface area contributed by atoms with E-state index in [0.717, 1.165) is 5.56 Å². The Morgan fingerprint density at radius 2 is 1.68 bits per heavy atom. The Morgan fingerprint density at radius 3 is 2.32 bits per heavy atom. The number of hydrogen-bond acceptors (Lipinski definition) is 7. The lowest BCUT2D eigenvalue weighted by molar-refractivity contribution is 0.0730. The lowest BCUT2D eigenvalue weighted by Gasteiger charge is -2.26. The third-order valence-corrected chi connectivity index (χ3v) is 7.33. The summed E-state index contributed by atoms with van der Waals surface area (Å²) < 4.78 is 49.4. The number of rotatable bonds is 10. The number of carbonyl (C=O) groups excluding carboxylic acids is 1. The lowest BCUT2D eigenvalue weighted by atomic mass is 10.1. The van der Waals surface area contributed by atoms with Crippen LogP contribution in [0.4, 0.5) is 0 Å². The van der Waals surface area contributed by atoms with E-state index in [9.17, 15) is 13.2 Å². The van der Waals surface area contributed by atoms with Crippen molar-refractivity contribution in [3.05, 3.63) is 47.5 Å². The molecule has 1 heterocycles. The first-order valence-electron chi connectivity index (χ1n) is 11.3. The van der Waals surface area contributed by atoms with Crippen molar-refractivity contribution < 1.29 is 32.2 Å². The van der Waals surface area contributed by atoms with Crippen molar-refractivity contribution in [2.24, 2.45) is 0 Å². The molecule has 186 valence electrons. The Morgan fingerprint density at radius 1 is 1.03 bits per heavy atom. The predicted molar refractivity (Wildman–Crippen MR) is 127 cm³/mol. The summed E-state index contributed by atoms with van der Waals surface area (Å²) >= 11 is 0. The van der Waals surface area contributed by atoms with Crippen LogP contribution in [0.1, 0.15) is 42.7 Å². The van der Waals surface area contributed by atoms with Gasteiger partial charge in [0, 0.05) is 13.1 Å². The standard InChI is InChI=1S/C24H32N2O7S/c1-5-32-22-9-7-18(15-23(22)33-6-2)17(3)25-24(27)20-16-19(8-10-21(20)30-4)34(28,29)26-11-13-31-14-12-26/h7-10,15-17H,5-6,11-14H2,1-4H3,(H,25,27). The zero-order valence-electron chi connectivity index (χ0n) is 20.0. The minimum absolute atomic E-state index is 0.0349. The number of nitrogens with zero attached hydrogens (tertiary/aromatic N) is 1. The number of ether oxygens (including phenoxy) is 4. The second-order valence-corrected chi connectivity index (χ2v) is 9.58. The van der Waals surface area contributed by atoms with Crippen LogP contribution < -0.4 is 19.5 Å². The third-order valence-electron chi connectivity index (χ3n) is 5.44. The average Bonchev–Trinajstić information content (AvgIpc) is 2.85. The molecular weight excluding hydrogens is 460 g/mol. The first-order valence-corrected chi connectivity index (χ1v) is 12.7. The summed E-state index contributed by atoms with van der Waals surface area (Å²) in [4.78, 5) is 13.2. The highest BCUT2D eigenvalue weighted by Gasteiger charge is 2.28. The van der Waals surface area contributed by atoms with Crippen molar-refractivity contribution in [2.45, 2.75) is 31.7 Å². The van der Waals surface area contributed by atoms with Crippen molar-refractivity contribution in [2.75, 3.05) is 46.6 Å². The summed E-state index contributed by atoms with van der Waals surface area (Å²) in [6.07, 6.45) is 0. The van der Waals surface area contributed by atoms with Crippen molar-refractivity contribution >= 4 is 15.9 Å². The van der Waals surface area contributed by atoms with Crippen LogP contribution in [0.5, 0.6) is 17.2 Å². The zero-order valence-corrected chi connectivity index (χ0v) is 20.8. The lowest BCUT2D eigenvalue weighted by Crippen LogP contribution is -2.40. The molecule has 1 fully saturated rings. The Bertz CT molecular complexity index is 1100. The predicted octanol–water partition coefficient (Wildman–Crippen LogP) is 3.00. The number of amides is 1. The highest BCUT2D eigenvalue weighted by molar-refractivity contribution is 7.89. The SMILES string of the molecule is CCOc1ccc(C(C)NC(=O)c2cc(S(=O)(=O)N3CCOCC3)ccc2OC)cc1OCC. The molecule has 0 spiro atoms. The van der Waals surface area contributed by atoms with Crippen LogP contribution in [-0.2, 0) is 14.8 Å². The van der Waals surface area contributed by atoms with Gasteiger partial charge in [-0.1, -0.05) is 6.07 Å². The summed E-state index contributed by atoms with van der Waals surface area (Å²) in [6.45, 7) is 7.83. The van der Waals surface area contributed by atoms with Gasteiger partial charge in [-0.05, 0) is 56.7 Å². The van der Waals surface area contributed by atoms with Crippen molar-refractivity contribution in [1.29, 1.82) is 0 Å². The minimum Gasteiger partial charge on any atom is -0.496 e. The second kappa shape index (κ2) is 11.5.